The highest BCUT2D eigenvalue weighted by Gasteiger charge is 2.61. The van der Waals surface area contributed by atoms with Crippen molar-refractivity contribution in [3.8, 4) is 0 Å². The van der Waals surface area contributed by atoms with Gasteiger partial charge in [-0.3, -0.25) is 9.59 Å². The molecule has 0 unspecified atom stereocenters. The van der Waals surface area contributed by atoms with Gasteiger partial charge in [-0.25, -0.2) is 0 Å². The lowest BCUT2D eigenvalue weighted by Crippen LogP contribution is -2.37. The smallest absolute Gasteiger partial charge is 0.316 e. The highest BCUT2D eigenvalue weighted by molar-refractivity contribution is 5.89. The normalized spacial score (nSPS) is 35.4. The summed E-state index contributed by atoms with van der Waals surface area (Å²) >= 11 is 0. The molecule has 1 saturated heterocycles. The van der Waals surface area contributed by atoms with Crippen LogP contribution in [0.1, 0.15) is 19.3 Å². The lowest BCUT2D eigenvalue weighted by Gasteiger charge is -2.24. The van der Waals surface area contributed by atoms with Gasteiger partial charge in [0.15, 0.2) is 0 Å². The fraction of sp³-hybridized carbons (Fsp3) is 0.667. The van der Waals surface area contributed by atoms with Gasteiger partial charge in [0.2, 0.25) is 0 Å². The molecule has 17 heavy (non-hydrogen) atoms. The second-order valence-corrected chi connectivity index (χ2v) is 4.80. The van der Waals surface area contributed by atoms with Gasteiger partial charge in [-0.05, 0) is 18.4 Å². The number of esters is 2. The summed E-state index contributed by atoms with van der Waals surface area (Å²) in [6, 6.07) is 0. The van der Waals surface area contributed by atoms with Crippen molar-refractivity contribution in [1.82, 2.24) is 0 Å². The molecule has 0 bridgehead atoms. The second kappa shape index (κ2) is 3.57. The summed E-state index contributed by atoms with van der Waals surface area (Å²) in [5.74, 6) is -0.666. The molecule has 0 N–H and O–H groups in total. The Hall–Kier alpha value is -1.36. The summed E-state index contributed by atoms with van der Waals surface area (Å²) < 4.78 is 15.5. The van der Waals surface area contributed by atoms with Crippen molar-refractivity contribution in [2.24, 2.45) is 5.41 Å². The number of fused-ring (bicyclic) bond motifs is 2. The fourth-order valence-electron chi connectivity index (χ4n) is 3.13. The van der Waals surface area contributed by atoms with Gasteiger partial charge in [0.25, 0.3) is 0 Å². The van der Waals surface area contributed by atoms with Crippen LogP contribution in [-0.2, 0) is 23.8 Å². The first-order chi connectivity index (χ1) is 8.17. The molecule has 1 aliphatic carbocycles. The number of hydrogen-bond acceptors (Lipinski definition) is 5. The van der Waals surface area contributed by atoms with E-state index in [1.54, 1.807) is 0 Å². The Bertz CT molecular complexity index is 425. The molecule has 0 aromatic rings. The van der Waals surface area contributed by atoms with Crippen LogP contribution in [0.2, 0.25) is 0 Å². The highest BCUT2D eigenvalue weighted by atomic mass is 16.6. The van der Waals surface area contributed by atoms with Crippen LogP contribution < -0.4 is 0 Å². The molecule has 0 aromatic heterocycles. The van der Waals surface area contributed by atoms with Gasteiger partial charge >= 0.3 is 11.9 Å². The van der Waals surface area contributed by atoms with Crippen LogP contribution >= 0.6 is 0 Å². The van der Waals surface area contributed by atoms with Crippen molar-refractivity contribution in [2.45, 2.75) is 25.4 Å². The van der Waals surface area contributed by atoms with Crippen molar-refractivity contribution < 1.29 is 23.8 Å². The fourth-order valence-corrected chi connectivity index (χ4v) is 3.13. The summed E-state index contributed by atoms with van der Waals surface area (Å²) in [7, 11) is 1.35. The molecule has 3 aliphatic rings. The van der Waals surface area contributed by atoms with Crippen LogP contribution in [-0.4, -0.2) is 38.4 Å². The number of hydrogen-bond donors (Lipinski definition) is 0. The molecule has 3 rings (SSSR count). The van der Waals surface area contributed by atoms with E-state index in [-0.39, 0.29) is 18.4 Å². The van der Waals surface area contributed by atoms with E-state index in [2.05, 4.69) is 0 Å². The topological polar surface area (TPSA) is 61.8 Å². The average molecular weight is 238 g/mol. The zero-order valence-electron chi connectivity index (χ0n) is 9.65. The molecule has 2 heterocycles. The lowest BCUT2D eigenvalue weighted by molar-refractivity contribution is -0.154. The van der Waals surface area contributed by atoms with Gasteiger partial charge in [0, 0.05) is 0 Å². The third kappa shape index (κ3) is 1.35. The van der Waals surface area contributed by atoms with E-state index >= 15 is 0 Å². The highest BCUT2D eigenvalue weighted by Crippen LogP contribution is 2.53. The number of carbonyl (C=O) groups is 2. The lowest BCUT2D eigenvalue weighted by atomic mass is 9.80. The number of ether oxygens (including phenoxy) is 3. The minimum Gasteiger partial charge on any atom is -0.468 e. The van der Waals surface area contributed by atoms with E-state index in [1.165, 1.54) is 12.7 Å². The van der Waals surface area contributed by atoms with Crippen LogP contribution in [0.15, 0.2) is 11.1 Å². The number of carbonyl (C=O) groups excluding carboxylic acids is 2. The number of rotatable bonds is 1. The third-order valence-electron chi connectivity index (χ3n) is 3.91. The molecule has 92 valence electrons. The molecule has 0 spiro atoms. The Morgan fingerprint density at radius 3 is 3.06 bits per heavy atom. The summed E-state index contributed by atoms with van der Waals surface area (Å²) in [4.78, 5) is 23.4. The van der Waals surface area contributed by atoms with Gasteiger partial charge in [-0.1, -0.05) is 5.57 Å². The van der Waals surface area contributed by atoms with Crippen LogP contribution in [0.5, 0.6) is 0 Å². The standard InChI is InChI=1S/C12H14O5/c1-15-11(14)12-4-7-2-3-16-6-8(7)10(12)17-9(13)5-12/h10H,2-6H2,1H3/t10-,12+/m1/s1. The predicted octanol–water partition coefficient (Wildman–Crippen LogP) is 0.582. The maximum Gasteiger partial charge on any atom is 0.316 e. The van der Waals surface area contributed by atoms with Gasteiger partial charge in [-0.2, -0.15) is 0 Å². The van der Waals surface area contributed by atoms with Crippen molar-refractivity contribution in [3.05, 3.63) is 11.1 Å². The molecule has 2 atom stereocenters. The van der Waals surface area contributed by atoms with E-state index in [4.69, 9.17) is 14.2 Å². The van der Waals surface area contributed by atoms with Gasteiger partial charge < -0.3 is 14.2 Å². The summed E-state index contributed by atoms with van der Waals surface area (Å²) in [5, 5.41) is 0. The molecule has 0 radical (unpaired) electrons. The minimum absolute atomic E-state index is 0.122. The van der Waals surface area contributed by atoms with Crippen LogP contribution in [0, 0.1) is 5.41 Å². The van der Waals surface area contributed by atoms with E-state index in [0.29, 0.717) is 19.6 Å². The molecule has 1 fully saturated rings. The van der Waals surface area contributed by atoms with Crippen LogP contribution in [0.3, 0.4) is 0 Å². The molecule has 2 aliphatic heterocycles. The second-order valence-electron chi connectivity index (χ2n) is 4.80. The van der Waals surface area contributed by atoms with E-state index in [0.717, 1.165) is 12.0 Å². The van der Waals surface area contributed by atoms with E-state index in [9.17, 15) is 9.59 Å². The molecule has 0 amide bonds. The molecule has 0 aromatic carbocycles. The average Bonchev–Trinajstić information content (AvgIpc) is 2.80. The maximum absolute atomic E-state index is 12.0. The Morgan fingerprint density at radius 1 is 1.47 bits per heavy atom. The van der Waals surface area contributed by atoms with Crippen LogP contribution in [0.25, 0.3) is 0 Å². The SMILES string of the molecule is COC(=O)[C@@]12CC(=O)O[C@@H]1C1=C(CCOC1)C2. The predicted molar refractivity (Wildman–Crippen MR) is 56.0 cm³/mol. The maximum atomic E-state index is 12.0. The third-order valence-corrected chi connectivity index (χ3v) is 3.91. The van der Waals surface area contributed by atoms with E-state index in [1.807, 2.05) is 0 Å². The summed E-state index contributed by atoms with van der Waals surface area (Å²) in [6.07, 6.45) is 1.06. The summed E-state index contributed by atoms with van der Waals surface area (Å²) in [5.41, 5.74) is 1.37. The molecular weight excluding hydrogens is 224 g/mol. The minimum atomic E-state index is -0.815. The Morgan fingerprint density at radius 2 is 2.29 bits per heavy atom. The Kier molecular flexibility index (Phi) is 2.26. The first kappa shape index (κ1) is 10.8. The Labute approximate surface area is 98.7 Å². The van der Waals surface area contributed by atoms with Crippen molar-refractivity contribution in [2.75, 3.05) is 20.3 Å². The zero-order chi connectivity index (χ0) is 12.0. The van der Waals surface area contributed by atoms with Crippen molar-refractivity contribution in [3.63, 3.8) is 0 Å². The van der Waals surface area contributed by atoms with Crippen molar-refractivity contribution >= 4 is 11.9 Å². The van der Waals surface area contributed by atoms with Crippen molar-refractivity contribution in [1.29, 1.82) is 0 Å². The van der Waals surface area contributed by atoms with Gasteiger partial charge in [-0.15, -0.1) is 0 Å². The van der Waals surface area contributed by atoms with Crippen LogP contribution in [0.4, 0.5) is 0 Å². The zero-order valence-corrected chi connectivity index (χ0v) is 9.65. The molecule has 5 heteroatoms. The monoisotopic (exact) mass is 238 g/mol. The Balaban J connectivity index is 2.00. The largest absolute Gasteiger partial charge is 0.468 e. The first-order valence-electron chi connectivity index (χ1n) is 5.74. The van der Waals surface area contributed by atoms with E-state index < -0.39 is 11.5 Å². The first-order valence-corrected chi connectivity index (χ1v) is 5.74. The molecular formula is C12H14O5. The number of methoxy groups -OCH3 is 1. The molecule has 0 saturated carbocycles. The quantitative estimate of drug-likeness (QED) is 0.494. The molecule has 5 nitrogen and oxygen atoms in total. The van der Waals surface area contributed by atoms with Gasteiger partial charge in [0.1, 0.15) is 11.5 Å². The van der Waals surface area contributed by atoms with Gasteiger partial charge in [0.05, 0.1) is 26.7 Å². The summed E-state index contributed by atoms with van der Waals surface area (Å²) in [6.45, 7) is 1.14.